The molecule has 4 rings (SSSR count). The Labute approximate surface area is 195 Å². The number of rotatable bonds is 5. The largest absolute Gasteiger partial charge is 0.357 e. The second-order valence-electron chi connectivity index (χ2n) is 8.07. The molecule has 0 radical (unpaired) electrons. The van der Waals surface area contributed by atoms with E-state index in [-0.39, 0.29) is 35.9 Å². The third-order valence-electron chi connectivity index (χ3n) is 6.03. The fourth-order valence-corrected chi connectivity index (χ4v) is 4.48. The molecule has 1 amide bonds. The Hall–Kier alpha value is -1.90. The van der Waals surface area contributed by atoms with Gasteiger partial charge < -0.3 is 15.5 Å². The Bertz CT molecular complexity index is 876. The normalized spacial score (nSPS) is 19.7. The molecule has 0 bridgehead atoms. The third-order valence-corrected chi connectivity index (χ3v) is 6.03. The number of hydrogen-bond acceptors (Lipinski definition) is 3. The molecule has 2 aliphatic rings. The number of aliphatic imine (C=N–C) groups is 1. The van der Waals surface area contributed by atoms with Crippen molar-refractivity contribution in [2.24, 2.45) is 10.9 Å². The summed E-state index contributed by atoms with van der Waals surface area (Å²) in [6, 6.07) is 10.5. The van der Waals surface area contributed by atoms with Gasteiger partial charge in [-0.1, -0.05) is 37.1 Å². The van der Waals surface area contributed by atoms with Crippen LogP contribution in [0.25, 0.3) is 10.8 Å². The molecule has 6 nitrogen and oxygen atoms in total. The summed E-state index contributed by atoms with van der Waals surface area (Å²) in [5, 5.41) is 9.19. The van der Waals surface area contributed by atoms with Crippen LogP contribution in [0.4, 0.5) is 0 Å². The van der Waals surface area contributed by atoms with Crippen LogP contribution in [0.15, 0.2) is 41.5 Å². The van der Waals surface area contributed by atoms with E-state index in [1.807, 2.05) is 29.3 Å². The van der Waals surface area contributed by atoms with Crippen LogP contribution >= 0.6 is 24.0 Å². The van der Waals surface area contributed by atoms with E-state index in [9.17, 15) is 4.79 Å². The van der Waals surface area contributed by atoms with Crippen LogP contribution in [0.2, 0.25) is 0 Å². The van der Waals surface area contributed by atoms with Crippen LogP contribution in [0.5, 0.6) is 0 Å². The number of aromatic nitrogens is 1. The summed E-state index contributed by atoms with van der Waals surface area (Å²) in [6.07, 6.45) is 7.34. The fourth-order valence-electron chi connectivity index (χ4n) is 4.48. The molecule has 0 spiro atoms. The van der Waals surface area contributed by atoms with Gasteiger partial charge in [0.2, 0.25) is 5.91 Å². The Balaban J connectivity index is 0.00000256. The molecular formula is C23H32IN5O. The maximum absolute atomic E-state index is 12.7. The van der Waals surface area contributed by atoms with Crippen LogP contribution in [0.1, 0.15) is 44.7 Å². The quantitative estimate of drug-likeness (QED) is 0.358. The van der Waals surface area contributed by atoms with Gasteiger partial charge in [0.1, 0.15) is 0 Å². The fraction of sp³-hybridized carbons (Fsp3) is 0.522. The molecule has 1 saturated carbocycles. The molecule has 1 atom stereocenters. The number of halogens is 1. The molecule has 2 aromatic rings. The molecule has 1 unspecified atom stereocenters. The van der Waals surface area contributed by atoms with Crippen LogP contribution in [-0.4, -0.2) is 47.4 Å². The zero-order valence-electron chi connectivity index (χ0n) is 17.6. The predicted octanol–water partition coefficient (Wildman–Crippen LogP) is 3.70. The number of hydrogen-bond donors (Lipinski definition) is 2. The number of benzene rings is 1. The number of nitrogens with one attached hydrogen (secondary N) is 2. The molecule has 1 aromatic heterocycles. The number of pyridine rings is 1. The Morgan fingerprint density at radius 2 is 2.00 bits per heavy atom. The average Bonchev–Trinajstić information content (AvgIpc) is 3.44. The van der Waals surface area contributed by atoms with E-state index in [1.165, 1.54) is 18.2 Å². The zero-order chi connectivity index (χ0) is 20.1. The third kappa shape index (κ3) is 5.42. The number of nitrogens with zero attached hydrogens (tertiary/aromatic N) is 3. The number of fused-ring (bicyclic) bond motifs is 1. The van der Waals surface area contributed by atoms with Gasteiger partial charge in [-0.25, -0.2) is 4.99 Å². The highest BCUT2D eigenvalue weighted by atomic mass is 127. The van der Waals surface area contributed by atoms with E-state index >= 15 is 0 Å². The van der Waals surface area contributed by atoms with Gasteiger partial charge in [0.15, 0.2) is 5.96 Å². The molecule has 1 aliphatic carbocycles. The van der Waals surface area contributed by atoms with Gasteiger partial charge in [0.25, 0.3) is 0 Å². The van der Waals surface area contributed by atoms with Gasteiger partial charge in [0, 0.05) is 43.2 Å². The molecule has 2 N–H and O–H groups in total. The molecule has 1 aromatic carbocycles. The van der Waals surface area contributed by atoms with Gasteiger partial charge in [0.05, 0.1) is 12.2 Å². The molecule has 1 aliphatic heterocycles. The maximum Gasteiger partial charge on any atom is 0.225 e. The molecule has 2 fully saturated rings. The van der Waals surface area contributed by atoms with E-state index in [2.05, 4.69) is 34.7 Å². The minimum absolute atomic E-state index is 0. The average molecular weight is 521 g/mol. The SMILES string of the molecule is CCNC(=NCc1nccc2ccccc12)NC1CCN(C(=O)C2CCCC2)C1.I. The highest BCUT2D eigenvalue weighted by Gasteiger charge is 2.32. The number of likely N-dealkylation sites (tertiary alicyclic amines) is 1. The first kappa shape index (κ1) is 22.8. The summed E-state index contributed by atoms with van der Waals surface area (Å²) in [7, 11) is 0. The molecule has 2 heterocycles. The second kappa shape index (κ2) is 10.9. The second-order valence-corrected chi connectivity index (χ2v) is 8.07. The van der Waals surface area contributed by atoms with Crippen LogP contribution < -0.4 is 10.6 Å². The van der Waals surface area contributed by atoms with Crippen molar-refractivity contribution in [2.45, 2.75) is 51.6 Å². The van der Waals surface area contributed by atoms with Crippen molar-refractivity contribution >= 4 is 46.6 Å². The Kier molecular flexibility index (Phi) is 8.30. The van der Waals surface area contributed by atoms with Crippen LogP contribution in [0.3, 0.4) is 0 Å². The van der Waals surface area contributed by atoms with Gasteiger partial charge in [-0.05, 0) is 37.6 Å². The summed E-state index contributed by atoms with van der Waals surface area (Å²) in [5.74, 6) is 1.41. The monoisotopic (exact) mass is 521 g/mol. The van der Waals surface area contributed by atoms with Crippen LogP contribution in [0, 0.1) is 5.92 Å². The number of carbonyl (C=O) groups is 1. The Morgan fingerprint density at radius 1 is 1.20 bits per heavy atom. The first-order valence-corrected chi connectivity index (χ1v) is 10.9. The van der Waals surface area contributed by atoms with Crippen molar-refractivity contribution in [1.82, 2.24) is 20.5 Å². The van der Waals surface area contributed by atoms with Crippen molar-refractivity contribution in [1.29, 1.82) is 0 Å². The topological polar surface area (TPSA) is 69.6 Å². The van der Waals surface area contributed by atoms with Gasteiger partial charge in [-0.15, -0.1) is 24.0 Å². The number of carbonyl (C=O) groups excluding carboxylic acids is 1. The van der Waals surface area contributed by atoms with Gasteiger partial charge in [-0.2, -0.15) is 0 Å². The molecule has 162 valence electrons. The summed E-state index contributed by atoms with van der Waals surface area (Å²) < 4.78 is 0. The first-order valence-electron chi connectivity index (χ1n) is 10.9. The first-order chi connectivity index (χ1) is 14.2. The predicted molar refractivity (Wildman–Crippen MR) is 132 cm³/mol. The minimum atomic E-state index is 0. The lowest BCUT2D eigenvalue weighted by atomic mass is 10.1. The molecule has 7 heteroatoms. The standard InChI is InChI=1S/C23H31N5O.HI/c1-2-24-23(26-15-21-20-10-6-5-7-17(20)11-13-25-21)27-19-12-14-28(16-19)22(29)18-8-3-4-9-18;/h5-7,10-11,13,18-19H,2-4,8-9,12,14-16H2,1H3,(H2,24,26,27);1H. The number of guanidine groups is 1. The zero-order valence-corrected chi connectivity index (χ0v) is 20.0. The van der Waals surface area contributed by atoms with Crippen molar-refractivity contribution in [3.63, 3.8) is 0 Å². The van der Waals surface area contributed by atoms with Crippen molar-refractivity contribution in [2.75, 3.05) is 19.6 Å². The van der Waals surface area contributed by atoms with Crippen molar-refractivity contribution < 1.29 is 4.79 Å². The maximum atomic E-state index is 12.7. The lowest BCUT2D eigenvalue weighted by Gasteiger charge is -2.21. The minimum Gasteiger partial charge on any atom is -0.357 e. The highest BCUT2D eigenvalue weighted by Crippen LogP contribution is 2.27. The Morgan fingerprint density at radius 3 is 2.80 bits per heavy atom. The van der Waals surface area contributed by atoms with Crippen molar-refractivity contribution in [3.05, 3.63) is 42.2 Å². The molecular weight excluding hydrogens is 489 g/mol. The molecule has 1 saturated heterocycles. The highest BCUT2D eigenvalue weighted by molar-refractivity contribution is 14.0. The summed E-state index contributed by atoms with van der Waals surface area (Å²) in [6.45, 7) is 5.00. The summed E-state index contributed by atoms with van der Waals surface area (Å²) in [4.78, 5) is 24.0. The van der Waals surface area contributed by atoms with E-state index < -0.39 is 0 Å². The van der Waals surface area contributed by atoms with Crippen LogP contribution in [-0.2, 0) is 11.3 Å². The summed E-state index contributed by atoms with van der Waals surface area (Å²) in [5.41, 5.74) is 0.977. The van der Waals surface area contributed by atoms with E-state index in [4.69, 9.17) is 4.99 Å². The van der Waals surface area contributed by atoms with Gasteiger partial charge >= 0.3 is 0 Å². The lowest BCUT2D eigenvalue weighted by molar-refractivity contribution is -0.134. The molecule has 30 heavy (non-hydrogen) atoms. The van der Waals surface area contributed by atoms with E-state index in [0.717, 1.165) is 55.9 Å². The smallest absolute Gasteiger partial charge is 0.225 e. The van der Waals surface area contributed by atoms with E-state index in [0.29, 0.717) is 12.5 Å². The summed E-state index contributed by atoms with van der Waals surface area (Å²) >= 11 is 0. The van der Waals surface area contributed by atoms with E-state index in [1.54, 1.807) is 0 Å². The number of amides is 1. The van der Waals surface area contributed by atoms with Crippen molar-refractivity contribution in [3.8, 4) is 0 Å². The van der Waals surface area contributed by atoms with Gasteiger partial charge in [-0.3, -0.25) is 9.78 Å². The lowest BCUT2D eigenvalue weighted by Crippen LogP contribution is -2.45.